The van der Waals surface area contributed by atoms with Crippen LogP contribution < -0.4 is 5.73 Å². The molecule has 0 aliphatic heterocycles. The molecule has 1 unspecified atom stereocenters. The lowest BCUT2D eigenvalue weighted by atomic mass is 9.75. The first-order valence-electron chi connectivity index (χ1n) is 5.52. The Labute approximate surface area is 86.0 Å². The van der Waals surface area contributed by atoms with E-state index in [9.17, 15) is 4.39 Å². The quantitative estimate of drug-likeness (QED) is 0.760. The van der Waals surface area contributed by atoms with Crippen LogP contribution in [-0.4, -0.2) is 25.4 Å². The highest BCUT2D eigenvalue weighted by molar-refractivity contribution is 4.91. The standard InChI is InChI=1S/C11H22FNO/c1-9(5-8-14-2)11(12)6-3-10(13)4-7-11/h9-10H,3-8,13H2,1-2H3. The summed E-state index contributed by atoms with van der Waals surface area (Å²) in [5.41, 5.74) is 4.77. The fraction of sp³-hybridized carbons (Fsp3) is 1.00. The first-order chi connectivity index (χ1) is 6.58. The molecule has 2 N–H and O–H groups in total. The van der Waals surface area contributed by atoms with Gasteiger partial charge in [0.1, 0.15) is 5.67 Å². The molecule has 0 aromatic carbocycles. The van der Waals surface area contributed by atoms with Gasteiger partial charge in [0.2, 0.25) is 0 Å². The minimum absolute atomic E-state index is 0.0925. The lowest BCUT2D eigenvalue weighted by Gasteiger charge is -2.37. The van der Waals surface area contributed by atoms with Crippen LogP contribution in [-0.2, 0) is 4.74 Å². The molecular formula is C11H22FNO. The minimum atomic E-state index is -0.992. The van der Waals surface area contributed by atoms with Crippen LogP contribution in [0.5, 0.6) is 0 Å². The Hall–Kier alpha value is -0.150. The molecule has 3 heteroatoms. The summed E-state index contributed by atoms with van der Waals surface area (Å²) in [4.78, 5) is 0. The van der Waals surface area contributed by atoms with Gasteiger partial charge in [-0.25, -0.2) is 4.39 Å². The van der Waals surface area contributed by atoms with E-state index in [1.807, 2.05) is 6.92 Å². The van der Waals surface area contributed by atoms with Crippen molar-refractivity contribution in [3.8, 4) is 0 Å². The van der Waals surface area contributed by atoms with Crippen LogP contribution in [0.4, 0.5) is 4.39 Å². The molecule has 0 aromatic heterocycles. The summed E-state index contributed by atoms with van der Waals surface area (Å²) >= 11 is 0. The van der Waals surface area contributed by atoms with E-state index in [0.717, 1.165) is 19.3 Å². The van der Waals surface area contributed by atoms with Gasteiger partial charge in [-0.2, -0.15) is 0 Å². The van der Waals surface area contributed by atoms with Gasteiger partial charge in [0.25, 0.3) is 0 Å². The Morgan fingerprint density at radius 1 is 1.50 bits per heavy atom. The fourth-order valence-electron chi connectivity index (χ4n) is 2.17. The van der Waals surface area contributed by atoms with Gasteiger partial charge >= 0.3 is 0 Å². The maximum absolute atomic E-state index is 14.4. The summed E-state index contributed by atoms with van der Waals surface area (Å²) in [6.07, 6.45) is 3.71. The van der Waals surface area contributed by atoms with Crippen molar-refractivity contribution in [2.45, 2.75) is 50.7 Å². The van der Waals surface area contributed by atoms with Gasteiger partial charge < -0.3 is 10.5 Å². The van der Waals surface area contributed by atoms with Crippen LogP contribution in [0.25, 0.3) is 0 Å². The molecule has 84 valence electrons. The number of rotatable bonds is 4. The predicted octanol–water partition coefficient (Wildman–Crippen LogP) is 2.27. The van der Waals surface area contributed by atoms with E-state index in [2.05, 4.69) is 0 Å². The molecule has 14 heavy (non-hydrogen) atoms. The molecule has 0 radical (unpaired) electrons. The van der Waals surface area contributed by atoms with Crippen molar-refractivity contribution in [1.29, 1.82) is 0 Å². The van der Waals surface area contributed by atoms with E-state index in [1.54, 1.807) is 7.11 Å². The highest BCUT2D eigenvalue weighted by Gasteiger charge is 2.38. The van der Waals surface area contributed by atoms with E-state index < -0.39 is 5.67 Å². The van der Waals surface area contributed by atoms with Crippen LogP contribution in [0.1, 0.15) is 39.0 Å². The van der Waals surface area contributed by atoms with Gasteiger partial charge in [0.05, 0.1) is 0 Å². The van der Waals surface area contributed by atoms with Gasteiger partial charge in [0, 0.05) is 19.8 Å². The number of methoxy groups -OCH3 is 1. The van der Waals surface area contributed by atoms with Gasteiger partial charge in [-0.3, -0.25) is 0 Å². The number of nitrogens with two attached hydrogens (primary N) is 1. The van der Waals surface area contributed by atoms with Gasteiger partial charge in [-0.1, -0.05) is 6.92 Å². The van der Waals surface area contributed by atoms with E-state index in [0.29, 0.717) is 19.4 Å². The van der Waals surface area contributed by atoms with Crippen molar-refractivity contribution in [3.05, 3.63) is 0 Å². The van der Waals surface area contributed by atoms with Crippen molar-refractivity contribution >= 4 is 0 Å². The molecule has 0 amide bonds. The number of halogens is 1. The lowest BCUT2D eigenvalue weighted by molar-refractivity contribution is 0.0251. The molecular weight excluding hydrogens is 181 g/mol. The topological polar surface area (TPSA) is 35.2 Å². The Morgan fingerprint density at radius 2 is 2.07 bits per heavy atom. The monoisotopic (exact) mass is 203 g/mol. The number of ether oxygens (including phenoxy) is 1. The molecule has 0 saturated heterocycles. The lowest BCUT2D eigenvalue weighted by Crippen LogP contribution is -2.40. The van der Waals surface area contributed by atoms with Crippen LogP contribution in [0, 0.1) is 5.92 Å². The smallest absolute Gasteiger partial charge is 0.113 e. The van der Waals surface area contributed by atoms with Crippen LogP contribution >= 0.6 is 0 Å². The highest BCUT2D eigenvalue weighted by Crippen LogP contribution is 2.38. The van der Waals surface area contributed by atoms with Crippen molar-refractivity contribution in [3.63, 3.8) is 0 Å². The van der Waals surface area contributed by atoms with Gasteiger partial charge in [-0.05, 0) is 38.0 Å². The summed E-state index contributed by atoms with van der Waals surface area (Å²) in [7, 11) is 1.66. The number of hydrogen-bond acceptors (Lipinski definition) is 2. The van der Waals surface area contributed by atoms with Gasteiger partial charge in [0.15, 0.2) is 0 Å². The summed E-state index contributed by atoms with van der Waals surface area (Å²) in [5, 5.41) is 0. The number of alkyl halides is 1. The summed E-state index contributed by atoms with van der Waals surface area (Å²) in [6, 6.07) is 0.216. The second-order valence-electron chi connectivity index (χ2n) is 4.55. The van der Waals surface area contributed by atoms with Crippen LogP contribution in [0.2, 0.25) is 0 Å². The molecule has 1 rings (SSSR count). The zero-order valence-corrected chi connectivity index (χ0v) is 9.26. The summed E-state index contributed by atoms with van der Waals surface area (Å²) < 4.78 is 19.3. The SMILES string of the molecule is COCCC(C)C1(F)CCC(N)CC1. The Balaban J connectivity index is 2.40. The molecule has 2 nitrogen and oxygen atoms in total. The third-order valence-electron chi connectivity index (χ3n) is 3.50. The maximum atomic E-state index is 14.4. The van der Waals surface area contributed by atoms with Crippen LogP contribution in [0.3, 0.4) is 0 Å². The van der Waals surface area contributed by atoms with Crippen LogP contribution in [0.15, 0.2) is 0 Å². The molecule has 0 spiro atoms. The molecule has 1 saturated carbocycles. The second-order valence-corrected chi connectivity index (χ2v) is 4.55. The normalized spacial score (nSPS) is 35.6. The van der Waals surface area contributed by atoms with Crippen molar-refractivity contribution in [1.82, 2.24) is 0 Å². The maximum Gasteiger partial charge on any atom is 0.113 e. The van der Waals surface area contributed by atoms with Crippen molar-refractivity contribution < 1.29 is 9.13 Å². The van der Waals surface area contributed by atoms with E-state index in [-0.39, 0.29) is 12.0 Å². The van der Waals surface area contributed by atoms with Crippen molar-refractivity contribution in [2.24, 2.45) is 11.7 Å². The minimum Gasteiger partial charge on any atom is -0.385 e. The molecule has 0 aromatic rings. The molecule has 1 atom stereocenters. The third-order valence-corrected chi connectivity index (χ3v) is 3.50. The molecule has 1 aliphatic carbocycles. The Morgan fingerprint density at radius 3 is 2.57 bits per heavy atom. The Kier molecular flexibility index (Phi) is 4.32. The van der Waals surface area contributed by atoms with E-state index >= 15 is 0 Å². The average Bonchev–Trinajstić information content (AvgIpc) is 2.19. The molecule has 0 bridgehead atoms. The zero-order chi connectivity index (χ0) is 10.6. The summed E-state index contributed by atoms with van der Waals surface area (Å²) in [5.74, 6) is 0.0925. The fourth-order valence-corrected chi connectivity index (χ4v) is 2.17. The van der Waals surface area contributed by atoms with E-state index in [4.69, 9.17) is 10.5 Å². The first kappa shape index (κ1) is 11.9. The number of hydrogen-bond donors (Lipinski definition) is 1. The average molecular weight is 203 g/mol. The van der Waals surface area contributed by atoms with E-state index in [1.165, 1.54) is 0 Å². The third kappa shape index (κ3) is 2.92. The van der Waals surface area contributed by atoms with Gasteiger partial charge in [-0.15, -0.1) is 0 Å². The second kappa shape index (κ2) is 5.08. The zero-order valence-electron chi connectivity index (χ0n) is 9.26. The largest absolute Gasteiger partial charge is 0.385 e. The summed E-state index contributed by atoms with van der Waals surface area (Å²) in [6.45, 7) is 2.63. The molecule has 1 fully saturated rings. The molecule has 1 aliphatic rings. The molecule has 0 heterocycles. The highest BCUT2D eigenvalue weighted by atomic mass is 19.1. The Bertz CT molecular complexity index is 167. The van der Waals surface area contributed by atoms with Crippen molar-refractivity contribution in [2.75, 3.05) is 13.7 Å². The predicted molar refractivity (Wildman–Crippen MR) is 55.9 cm³/mol. The first-order valence-corrected chi connectivity index (χ1v) is 5.52.